The van der Waals surface area contributed by atoms with Crippen molar-refractivity contribution in [1.29, 1.82) is 0 Å². The SMILES string of the molecule is Cc1cc(C(=O)NCCC2CN(Cc3ccco3)CCO2)n[nH]1. The number of nitrogens with one attached hydrogen (secondary N) is 2. The zero-order valence-corrected chi connectivity index (χ0v) is 13.2. The zero-order chi connectivity index (χ0) is 16.1. The van der Waals surface area contributed by atoms with Crippen molar-refractivity contribution in [2.75, 3.05) is 26.2 Å². The highest BCUT2D eigenvalue weighted by atomic mass is 16.5. The number of rotatable bonds is 6. The highest BCUT2D eigenvalue weighted by molar-refractivity contribution is 5.92. The van der Waals surface area contributed by atoms with Crippen LogP contribution in [0.5, 0.6) is 0 Å². The van der Waals surface area contributed by atoms with E-state index in [4.69, 9.17) is 9.15 Å². The number of morpholine rings is 1. The summed E-state index contributed by atoms with van der Waals surface area (Å²) in [6.45, 7) is 5.69. The van der Waals surface area contributed by atoms with E-state index in [1.54, 1.807) is 12.3 Å². The molecule has 0 aliphatic carbocycles. The fraction of sp³-hybridized carbons (Fsp3) is 0.500. The number of hydrogen-bond donors (Lipinski definition) is 2. The predicted octanol–water partition coefficient (Wildman–Crippen LogP) is 1.33. The Hall–Kier alpha value is -2.12. The molecule has 0 aromatic carbocycles. The van der Waals surface area contributed by atoms with Crippen LogP contribution < -0.4 is 5.32 Å². The minimum absolute atomic E-state index is 0.125. The van der Waals surface area contributed by atoms with Crippen LogP contribution in [0.15, 0.2) is 28.9 Å². The van der Waals surface area contributed by atoms with Crippen molar-refractivity contribution in [1.82, 2.24) is 20.4 Å². The van der Waals surface area contributed by atoms with E-state index in [1.807, 2.05) is 19.1 Å². The van der Waals surface area contributed by atoms with Gasteiger partial charge in [0.25, 0.3) is 5.91 Å². The molecule has 1 aliphatic heterocycles. The molecular formula is C16H22N4O3. The van der Waals surface area contributed by atoms with Crippen LogP contribution in [0, 0.1) is 6.92 Å². The molecule has 1 aliphatic rings. The molecule has 3 heterocycles. The van der Waals surface area contributed by atoms with Gasteiger partial charge >= 0.3 is 0 Å². The minimum atomic E-state index is -0.155. The van der Waals surface area contributed by atoms with Crippen LogP contribution in [0.4, 0.5) is 0 Å². The Morgan fingerprint density at radius 1 is 1.57 bits per heavy atom. The number of H-pyrrole nitrogens is 1. The van der Waals surface area contributed by atoms with Crippen molar-refractivity contribution >= 4 is 5.91 Å². The molecule has 1 fully saturated rings. The average Bonchev–Trinajstić information content (AvgIpc) is 3.19. The number of hydrogen-bond acceptors (Lipinski definition) is 5. The monoisotopic (exact) mass is 318 g/mol. The van der Waals surface area contributed by atoms with Gasteiger partial charge in [0, 0.05) is 25.3 Å². The van der Waals surface area contributed by atoms with Crippen molar-refractivity contribution in [3.63, 3.8) is 0 Å². The van der Waals surface area contributed by atoms with Crippen molar-refractivity contribution in [3.05, 3.63) is 41.6 Å². The van der Waals surface area contributed by atoms with Gasteiger partial charge in [-0.05, 0) is 31.5 Å². The van der Waals surface area contributed by atoms with Gasteiger partial charge in [-0.3, -0.25) is 14.8 Å². The second-order valence-corrected chi connectivity index (χ2v) is 5.79. The van der Waals surface area contributed by atoms with Crippen LogP contribution in [-0.2, 0) is 11.3 Å². The van der Waals surface area contributed by atoms with E-state index in [2.05, 4.69) is 20.4 Å². The summed E-state index contributed by atoms with van der Waals surface area (Å²) >= 11 is 0. The summed E-state index contributed by atoms with van der Waals surface area (Å²) in [5, 5.41) is 9.59. The molecule has 1 amide bonds. The van der Waals surface area contributed by atoms with Crippen molar-refractivity contribution in [2.45, 2.75) is 26.0 Å². The van der Waals surface area contributed by atoms with E-state index in [0.717, 1.165) is 37.5 Å². The third-order valence-electron chi connectivity index (χ3n) is 3.87. The molecule has 0 saturated carbocycles. The molecule has 0 radical (unpaired) electrons. The summed E-state index contributed by atoms with van der Waals surface area (Å²) in [6, 6.07) is 5.62. The van der Waals surface area contributed by atoms with E-state index in [0.29, 0.717) is 18.8 Å². The number of furan rings is 1. The molecule has 3 rings (SSSR count). The smallest absolute Gasteiger partial charge is 0.271 e. The van der Waals surface area contributed by atoms with Crippen LogP contribution in [0.3, 0.4) is 0 Å². The number of carbonyl (C=O) groups excluding carboxylic acids is 1. The van der Waals surface area contributed by atoms with E-state index in [9.17, 15) is 4.79 Å². The molecule has 7 heteroatoms. The molecule has 2 N–H and O–H groups in total. The van der Waals surface area contributed by atoms with Crippen molar-refractivity contribution in [3.8, 4) is 0 Å². The largest absolute Gasteiger partial charge is 0.468 e. The lowest BCUT2D eigenvalue weighted by Gasteiger charge is -2.32. The maximum atomic E-state index is 11.9. The average molecular weight is 318 g/mol. The number of aryl methyl sites for hydroxylation is 1. The number of amides is 1. The Morgan fingerprint density at radius 2 is 2.48 bits per heavy atom. The second kappa shape index (κ2) is 7.43. The van der Waals surface area contributed by atoms with E-state index < -0.39 is 0 Å². The van der Waals surface area contributed by atoms with Crippen LogP contribution in [0.1, 0.15) is 28.4 Å². The summed E-state index contributed by atoms with van der Waals surface area (Å²) < 4.78 is 11.2. The number of ether oxygens (including phenoxy) is 1. The highest BCUT2D eigenvalue weighted by Gasteiger charge is 2.21. The van der Waals surface area contributed by atoms with Gasteiger partial charge in [-0.2, -0.15) is 5.10 Å². The molecule has 23 heavy (non-hydrogen) atoms. The van der Waals surface area contributed by atoms with Crippen LogP contribution in [0.25, 0.3) is 0 Å². The fourth-order valence-corrected chi connectivity index (χ4v) is 2.69. The first-order chi connectivity index (χ1) is 11.2. The summed E-state index contributed by atoms with van der Waals surface area (Å²) in [6.07, 6.45) is 2.60. The summed E-state index contributed by atoms with van der Waals surface area (Å²) in [5.74, 6) is 0.811. The van der Waals surface area contributed by atoms with Crippen LogP contribution >= 0.6 is 0 Å². The molecule has 1 unspecified atom stereocenters. The minimum Gasteiger partial charge on any atom is -0.468 e. The van der Waals surface area contributed by atoms with Crippen molar-refractivity contribution in [2.24, 2.45) is 0 Å². The summed E-state index contributed by atoms with van der Waals surface area (Å²) in [7, 11) is 0. The maximum Gasteiger partial charge on any atom is 0.271 e. The first-order valence-corrected chi connectivity index (χ1v) is 7.87. The predicted molar refractivity (Wildman–Crippen MR) is 84.0 cm³/mol. The first kappa shape index (κ1) is 15.8. The normalized spacial score (nSPS) is 18.9. The molecule has 1 atom stereocenters. The molecular weight excluding hydrogens is 296 g/mol. The molecule has 0 spiro atoms. The number of nitrogens with zero attached hydrogens (tertiary/aromatic N) is 2. The molecule has 1 saturated heterocycles. The molecule has 2 aromatic rings. The Morgan fingerprint density at radius 3 is 3.22 bits per heavy atom. The van der Waals surface area contributed by atoms with Crippen LogP contribution in [-0.4, -0.2) is 53.3 Å². The summed E-state index contributed by atoms with van der Waals surface area (Å²) in [5.41, 5.74) is 1.30. The van der Waals surface area contributed by atoms with E-state index >= 15 is 0 Å². The van der Waals surface area contributed by atoms with E-state index in [1.165, 1.54) is 0 Å². The standard InChI is InChI=1S/C16H22N4O3/c1-12-9-15(19-18-12)16(21)17-5-4-14-11-20(6-8-23-14)10-13-3-2-7-22-13/h2-3,7,9,14H,4-6,8,10-11H2,1H3,(H,17,21)(H,18,19). The number of carbonyl (C=O) groups is 1. The Kier molecular flexibility index (Phi) is 5.09. The summed E-state index contributed by atoms with van der Waals surface area (Å²) in [4.78, 5) is 14.2. The molecule has 124 valence electrons. The molecule has 7 nitrogen and oxygen atoms in total. The lowest BCUT2D eigenvalue weighted by Crippen LogP contribution is -2.43. The van der Waals surface area contributed by atoms with Crippen LogP contribution in [0.2, 0.25) is 0 Å². The molecule has 2 aromatic heterocycles. The first-order valence-electron chi connectivity index (χ1n) is 7.87. The highest BCUT2D eigenvalue weighted by Crippen LogP contribution is 2.12. The van der Waals surface area contributed by atoms with Gasteiger partial charge < -0.3 is 14.5 Å². The zero-order valence-electron chi connectivity index (χ0n) is 13.2. The topological polar surface area (TPSA) is 83.4 Å². The van der Waals surface area contributed by atoms with Gasteiger partial charge in [-0.25, -0.2) is 0 Å². The lowest BCUT2D eigenvalue weighted by atomic mass is 10.2. The Labute approximate surface area is 135 Å². The lowest BCUT2D eigenvalue weighted by molar-refractivity contribution is -0.0359. The third kappa shape index (κ3) is 4.43. The van der Waals surface area contributed by atoms with Gasteiger partial charge in [-0.15, -0.1) is 0 Å². The third-order valence-corrected chi connectivity index (χ3v) is 3.87. The fourth-order valence-electron chi connectivity index (χ4n) is 2.69. The van der Waals surface area contributed by atoms with Gasteiger partial charge in [0.05, 0.1) is 25.5 Å². The second-order valence-electron chi connectivity index (χ2n) is 5.79. The Balaban J connectivity index is 1.40. The van der Waals surface area contributed by atoms with Crippen molar-refractivity contribution < 1.29 is 13.9 Å². The maximum absolute atomic E-state index is 11.9. The number of aromatic nitrogens is 2. The van der Waals surface area contributed by atoms with E-state index in [-0.39, 0.29) is 12.0 Å². The van der Waals surface area contributed by atoms with Gasteiger partial charge in [0.15, 0.2) is 0 Å². The molecule has 0 bridgehead atoms. The van der Waals surface area contributed by atoms with Gasteiger partial charge in [0.1, 0.15) is 11.5 Å². The Bertz CT molecular complexity index is 623. The number of aromatic amines is 1. The van der Waals surface area contributed by atoms with Gasteiger partial charge in [0.2, 0.25) is 0 Å². The van der Waals surface area contributed by atoms with Gasteiger partial charge in [-0.1, -0.05) is 0 Å². The quantitative estimate of drug-likeness (QED) is 0.839.